The SMILES string of the molecule is COc1ccc(Cl)cc1C(=N)/[N+](C#N)=c1/sc(C)cn1Cc1cscn1. The Hall–Kier alpha value is -2.47. The quantitative estimate of drug-likeness (QED) is 0.238. The van der Waals surface area contributed by atoms with Gasteiger partial charge < -0.3 is 4.74 Å². The molecule has 6 nitrogen and oxygen atoms in total. The van der Waals surface area contributed by atoms with Crippen LogP contribution in [0.2, 0.25) is 5.02 Å². The molecule has 0 aliphatic heterocycles. The molecule has 0 fully saturated rings. The van der Waals surface area contributed by atoms with Crippen molar-refractivity contribution >= 4 is 40.1 Å². The standard InChI is InChI=1S/C17H15ClN5OS2/c1-11-6-22(7-13-8-25-10-21-13)17(26-11)23(9-19)16(20)14-5-12(18)3-4-15(14)24-2/h3-6,8,10,20H,7H2,1-2H3/q+1. The van der Waals surface area contributed by atoms with E-state index in [-0.39, 0.29) is 5.84 Å². The number of aryl methyl sites for hydroxylation is 1. The maximum absolute atomic E-state index is 9.74. The summed E-state index contributed by atoms with van der Waals surface area (Å²) in [5.41, 5.74) is 3.13. The zero-order chi connectivity index (χ0) is 18.7. The van der Waals surface area contributed by atoms with E-state index in [0.717, 1.165) is 10.6 Å². The molecule has 26 heavy (non-hydrogen) atoms. The first-order valence-electron chi connectivity index (χ1n) is 7.52. The van der Waals surface area contributed by atoms with Gasteiger partial charge in [-0.1, -0.05) is 22.9 Å². The number of nitrogens with zero attached hydrogens (tertiary/aromatic N) is 4. The van der Waals surface area contributed by atoms with E-state index in [0.29, 0.717) is 27.7 Å². The molecule has 0 saturated heterocycles. The van der Waals surface area contributed by atoms with Crippen molar-refractivity contribution in [3.63, 3.8) is 0 Å². The van der Waals surface area contributed by atoms with Crippen LogP contribution in [0, 0.1) is 23.8 Å². The van der Waals surface area contributed by atoms with Crippen LogP contribution in [0.3, 0.4) is 0 Å². The molecule has 9 heteroatoms. The predicted molar refractivity (Wildman–Crippen MR) is 104 cm³/mol. The second kappa shape index (κ2) is 7.83. The summed E-state index contributed by atoms with van der Waals surface area (Å²) in [5.74, 6) is 0.486. The van der Waals surface area contributed by atoms with Gasteiger partial charge in [0.15, 0.2) is 0 Å². The number of thiazole rings is 2. The first kappa shape index (κ1) is 18.3. The fourth-order valence-corrected chi connectivity index (χ4v) is 4.10. The largest absolute Gasteiger partial charge is 0.496 e. The van der Waals surface area contributed by atoms with Crippen LogP contribution in [0.15, 0.2) is 35.3 Å². The molecule has 0 spiro atoms. The van der Waals surface area contributed by atoms with Crippen LogP contribution >= 0.6 is 34.3 Å². The lowest BCUT2D eigenvalue weighted by molar-refractivity contribution is 0.413. The lowest BCUT2D eigenvalue weighted by Gasteiger charge is -2.08. The van der Waals surface area contributed by atoms with Gasteiger partial charge in [-0.15, -0.1) is 15.9 Å². The summed E-state index contributed by atoms with van der Waals surface area (Å²) in [6, 6.07) is 4.99. The second-order valence-electron chi connectivity index (χ2n) is 5.36. The molecular weight excluding hydrogens is 390 g/mol. The van der Waals surface area contributed by atoms with E-state index in [1.54, 1.807) is 23.7 Å². The zero-order valence-electron chi connectivity index (χ0n) is 14.1. The van der Waals surface area contributed by atoms with Crippen LogP contribution in [-0.4, -0.2) is 22.5 Å². The number of halogens is 1. The summed E-state index contributed by atoms with van der Waals surface area (Å²) in [6.45, 7) is 2.49. The predicted octanol–water partition coefficient (Wildman–Crippen LogP) is 3.30. The normalized spacial score (nSPS) is 11.8. The van der Waals surface area contributed by atoms with Gasteiger partial charge in [0.05, 0.1) is 30.1 Å². The maximum Gasteiger partial charge on any atom is 0.332 e. The molecule has 2 heterocycles. The highest BCUT2D eigenvalue weighted by Crippen LogP contribution is 2.23. The van der Waals surface area contributed by atoms with Crippen LogP contribution in [0.25, 0.3) is 0 Å². The topological polar surface area (TPSA) is 77.7 Å². The number of ether oxygens (including phenoxy) is 1. The van der Waals surface area contributed by atoms with Crippen molar-refractivity contribution in [1.82, 2.24) is 14.1 Å². The van der Waals surface area contributed by atoms with Gasteiger partial charge >= 0.3 is 6.19 Å². The van der Waals surface area contributed by atoms with Gasteiger partial charge in [0.1, 0.15) is 12.3 Å². The Morgan fingerprint density at radius 3 is 2.96 bits per heavy atom. The van der Waals surface area contributed by atoms with Gasteiger partial charge in [0, 0.05) is 15.3 Å². The summed E-state index contributed by atoms with van der Waals surface area (Å²) < 4.78 is 8.52. The Morgan fingerprint density at radius 1 is 1.50 bits per heavy atom. The number of hydrogen-bond acceptors (Lipinski definition) is 6. The van der Waals surface area contributed by atoms with Gasteiger partial charge in [0.2, 0.25) is 5.84 Å². The van der Waals surface area contributed by atoms with Gasteiger partial charge in [-0.25, -0.2) is 4.98 Å². The summed E-state index contributed by atoms with van der Waals surface area (Å²) in [5, 5.41) is 20.7. The third-order valence-electron chi connectivity index (χ3n) is 3.58. The van der Waals surface area contributed by atoms with Crippen molar-refractivity contribution in [2.45, 2.75) is 13.5 Å². The molecule has 0 radical (unpaired) electrons. The number of methoxy groups -OCH3 is 1. The Bertz CT molecular complexity index is 1060. The van der Waals surface area contributed by atoms with Crippen LogP contribution < -0.4 is 14.1 Å². The molecule has 0 aliphatic rings. The van der Waals surface area contributed by atoms with Crippen molar-refractivity contribution < 1.29 is 4.74 Å². The van der Waals surface area contributed by atoms with E-state index >= 15 is 0 Å². The highest BCUT2D eigenvalue weighted by atomic mass is 35.5. The van der Waals surface area contributed by atoms with E-state index in [2.05, 4.69) is 11.2 Å². The molecule has 0 unspecified atom stereocenters. The van der Waals surface area contributed by atoms with E-state index in [1.165, 1.54) is 34.4 Å². The number of rotatable bonds is 4. The summed E-state index contributed by atoms with van der Waals surface area (Å²) >= 11 is 9.04. The Morgan fingerprint density at radius 2 is 2.31 bits per heavy atom. The van der Waals surface area contributed by atoms with E-state index in [9.17, 15) is 5.26 Å². The number of benzene rings is 1. The number of nitriles is 1. The molecule has 3 aromatic rings. The average molecular weight is 405 g/mol. The number of nitrogens with one attached hydrogen (secondary N) is 1. The van der Waals surface area contributed by atoms with E-state index < -0.39 is 0 Å². The fourth-order valence-electron chi connectivity index (χ4n) is 2.46. The average Bonchev–Trinajstić information content (AvgIpc) is 3.26. The van der Waals surface area contributed by atoms with Crippen LogP contribution in [-0.2, 0) is 6.54 Å². The van der Waals surface area contributed by atoms with Crippen molar-refractivity contribution in [3.8, 4) is 11.9 Å². The molecule has 1 N–H and O–H groups in total. The van der Waals surface area contributed by atoms with Crippen LogP contribution in [0.4, 0.5) is 0 Å². The second-order valence-corrected chi connectivity index (χ2v) is 7.73. The number of aromatic nitrogens is 2. The smallest absolute Gasteiger partial charge is 0.332 e. The highest BCUT2D eigenvalue weighted by molar-refractivity contribution is 7.09. The minimum absolute atomic E-state index is 0.000674. The van der Waals surface area contributed by atoms with Gasteiger partial charge in [-0.05, 0) is 30.4 Å². The zero-order valence-corrected chi connectivity index (χ0v) is 16.5. The Balaban J connectivity index is 2.16. The van der Waals surface area contributed by atoms with Crippen molar-refractivity contribution in [1.29, 1.82) is 10.7 Å². The molecular formula is C17H15ClN5OS2+. The summed E-state index contributed by atoms with van der Waals surface area (Å²) in [7, 11) is 1.52. The minimum atomic E-state index is 0.000674. The third-order valence-corrected chi connectivity index (χ3v) is 5.48. The lowest BCUT2D eigenvalue weighted by atomic mass is 10.2. The fraction of sp³-hybridized carbons (Fsp3) is 0.176. The van der Waals surface area contributed by atoms with Crippen molar-refractivity contribution in [2.24, 2.45) is 0 Å². The highest BCUT2D eigenvalue weighted by Gasteiger charge is 2.20. The molecule has 0 atom stereocenters. The maximum atomic E-state index is 9.74. The Kier molecular flexibility index (Phi) is 5.52. The summed E-state index contributed by atoms with van der Waals surface area (Å²) in [4.78, 5) is 5.96. The van der Waals surface area contributed by atoms with E-state index in [4.69, 9.17) is 21.7 Å². The lowest BCUT2D eigenvalue weighted by Crippen LogP contribution is -2.35. The molecule has 1 aromatic carbocycles. The van der Waals surface area contributed by atoms with Gasteiger partial charge in [-0.2, -0.15) is 5.41 Å². The van der Waals surface area contributed by atoms with Crippen LogP contribution in [0.5, 0.6) is 5.75 Å². The minimum Gasteiger partial charge on any atom is -0.496 e. The van der Waals surface area contributed by atoms with Crippen LogP contribution in [0.1, 0.15) is 16.1 Å². The molecule has 0 aliphatic carbocycles. The number of hydrogen-bond donors (Lipinski definition) is 1. The molecule has 0 bridgehead atoms. The monoisotopic (exact) mass is 404 g/mol. The molecule has 0 saturated carbocycles. The van der Waals surface area contributed by atoms with E-state index in [1.807, 2.05) is 23.1 Å². The van der Waals surface area contributed by atoms with Crippen molar-refractivity contribution in [2.75, 3.05) is 7.11 Å². The molecule has 0 amide bonds. The van der Waals surface area contributed by atoms with Gasteiger partial charge in [0.25, 0.3) is 4.80 Å². The van der Waals surface area contributed by atoms with Crippen molar-refractivity contribution in [3.05, 3.63) is 61.2 Å². The third kappa shape index (κ3) is 3.70. The first-order chi connectivity index (χ1) is 12.5. The number of amidine groups is 1. The Labute approximate surface area is 163 Å². The molecule has 2 aromatic heterocycles. The first-order valence-corrected chi connectivity index (χ1v) is 9.66. The molecule has 132 valence electrons. The summed E-state index contributed by atoms with van der Waals surface area (Å²) in [6.07, 6.45) is 4.05. The molecule has 3 rings (SSSR count). The van der Waals surface area contributed by atoms with Gasteiger partial charge in [-0.3, -0.25) is 4.57 Å².